The van der Waals surface area contributed by atoms with Crippen molar-refractivity contribution < 1.29 is 61.3 Å². The fraction of sp³-hybridized carbons (Fsp3) is 0.0769. The van der Waals surface area contributed by atoms with Crippen LogP contribution in [-0.4, -0.2) is 61.3 Å². The van der Waals surface area contributed by atoms with Crippen molar-refractivity contribution in [3.63, 3.8) is 0 Å². The smallest absolute Gasteiger partial charge is 0.200 e. The predicted octanol–water partition coefficient (Wildman–Crippen LogP) is 12.2. The lowest BCUT2D eigenvalue weighted by atomic mass is 9.74. The lowest BCUT2D eigenvalue weighted by Gasteiger charge is -2.30. The molecule has 9 rings (SSSR count). The van der Waals surface area contributed by atoms with Crippen molar-refractivity contribution in [3.8, 4) is 69.0 Å². The van der Waals surface area contributed by atoms with Gasteiger partial charge in [-0.15, -0.1) is 0 Å². The number of fused-ring (bicyclic) bond motifs is 8. The van der Waals surface area contributed by atoms with Gasteiger partial charge in [0, 0.05) is 86.1 Å². The SMILES string of the molecule is Oc1c2cc(c(O)c1O)C(c1ccc(Br)cc1)c1cc(c(O)c(O)c1O)C(c1ccc(Br)cc1)c1cc(c(O)c(O)c1O)C(c1ccc(Br)cc1)c1cc(c(O)c(O)c1O)C2c1ccc(Br)cc1. The molecule has 12 nitrogen and oxygen atoms in total. The van der Waals surface area contributed by atoms with Gasteiger partial charge in [-0.3, -0.25) is 0 Å². The summed E-state index contributed by atoms with van der Waals surface area (Å²) in [6.07, 6.45) is 0. The number of hydrogen-bond donors (Lipinski definition) is 12. The van der Waals surface area contributed by atoms with Crippen LogP contribution in [0.3, 0.4) is 0 Å². The Hall–Kier alpha value is -6.72. The van der Waals surface area contributed by atoms with Gasteiger partial charge in [-0.25, -0.2) is 0 Å². The fourth-order valence-corrected chi connectivity index (χ4v) is 10.3. The Balaban J connectivity index is 1.54. The molecule has 8 aromatic carbocycles. The standard InChI is InChI=1S/C52H36Br4O12/c53-25-9-1-21(2-10-25)37-29-17-31(43(59)49(65)41(29)57)38(22-3-11-26(54)12-4-22)33-19-35(47(63)51(67)45(33)61)40(24-7-15-28(56)16-8-24)36-20-34(46(62)52(68)48(36)64)39(23-5-13-27(55)14-6-23)32-18-30(37)42(58)50(66)44(32)60/h1-20,37-40,57-68H. The molecule has 0 aromatic heterocycles. The molecule has 0 unspecified atom stereocenters. The zero-order valence-electron chi connectivity index (χ0n) is 34.7. The third-order valence-corrected chi connectivity index (χ3v) is 14.6. The second-order valence-corrected chi connectivity index (χ2v) is 20.0. The molecule has 8 bridgehead atoms. The minimum Gasteiger partial charge on any atom is -0.504 e. The Morgan fingerprint density at radius 3 is 0.471 bits per heavy atom. The molecule has 0 radical (unpaired) electrons. The predicted molar refractivity (Wildman–Crippen MR) is 266 cm³/mol. The first-order valence-corrected chi connectivity index (χ1v) is 23.7. The van der Waals surface area contributed by atoms with E-state index >= 15 is 0 Å². The van der Waals surface area contributed by atoms with Crippen LogP contribution in [0.25, 0.3) is 0 Å². The first-order valence-electron chi connectivity index (χ1n) is 20.5. The molecule has 0 atom stereocenters. The van der Waals surface area contributed by atoms with E-state index in [0.29, 0.717) is 40.1 Å². The maximum Gasteiger partial charge on any atom is 0.200 e. The summed E-state index contributed by atoms with van der Waals surface area (Å²) in [6.45, 7) is 0. The quantitative estimate of drug-likeness (QED) is 0.0737. The lowest BCUT2D eigenvalue weighted by Crippen LogP contribution is -2.13. The van der Waals surface area contributed by atoms with Gasteiger partial charge in [0.05, 0.1) is 0 Å². The van der Waals surface area contributed by atoms with Crippen LogP contribution in [0.15, 0.2) is 139 Å². The van der Waals surface area contributed by atoms with Crippen molar-refractivity contribution in [3.05, 3.63) is 206 Å². The minimum atomic E-state index is -1.38. The molecule has 12 N–H and O–H groups in total. The normalized spacial score (nSPS) is 16.6. The highest BCUT2D eigenvalue weighted by Crippen LogP contribution is 2.60. The zero-order valence-corrected chi connectivity index (χ0v) is 41.1. The molecule has 344 valence electrons. The van der Waals surface area contributed by atoms with Gasteiger partial charge >= 0.3 is 0 Å². The maximum atomic E-state index is 12.0. The largest absolute Gasteiger partial charge is 0.504 e. The first kappa shape index (κ1) is 46.4. The van der Waals surface area contributed by atoms with Crippen LogP contribution in [0, 0.1) is 0 Å². The van der Waals surface area contributed by atoms with Gasteiger partial charge in [0.2, 0.25) is 23.0 Å². The summed E-state index contributed by atoms with van der Waals surface area (Å²) in [5.41, 5.74) is 0.0259. The summed E-state index contributed by atoms with van der Waals surface area (Å²) in [7, 11) is 0. The van der Waals surface area contributed by atoms with Gasteiger partial charge < -0.3 is 61.3 Å². The molecule has 16 heteroatoms. The van der Waals surface area contributed by atoms with Crippen LogP contribution in [0.2, 0.25) is 0 Å². The highest BCUT2D eigenvalue weighted by Gasteiger charge is 2.39. The number of aromatic hydroxyl groups is 12. The molecule has 1 aliphatic rings. The van der Waals surface area contributed by atoms with Crippen molar-refractivity contribution >= 4 is 63.7 Å². The Labute approximate surface area is 420 Å². The van der Waals surface area contributed by atoms with E-state index in [2.05, 4.69) is 63.7 Å². The third kappa shape index (κ3) is 7.74. The van der Waals surface area contributed by atoms with Gasteiger partial charge in [0.1, 0.15) is 0 Å². The third-order valence-electron chi connectivity index (χ3n) is 12.5. The molecular formula is C52H36Br4O12. The molecule has 1 aliphatic carbocycles. The molecule has 8 aromatic rings. The number of halogens is 4. The number of hydrogen-bond acceptors (Lipinski definition) is 12. The van der Waals surface area contributed by atoms with E-state index < -0.39 is 92.7 Å². The molecule has 0 fully saturated rings. The van der Waals surface area contributed by atoms with E-state index in [1.54, 1.807) is 97.1 Å². The van der Waals surface area contributed by atoms with E-state index in [-0.39, 0.29) is 44.5 Å². The summed E-state index contributed by atoms with van der Waals surface area (Å²) >= 11 is 13.8. The van der Waals surface area contributed by atoms with Crippen LogP contribution in [0.1, 0.15) is 90.4 Å². The Morgan fingerprint density at radius 2 is 0.338 bits per heavy atom. The zero-order chi connectivity index (χ0) is 48.6. The molecule has 68 heavy (non-hydrogen) atoms. The molecule has 0 heterocycles. The number of phenols is 12. The topological polar surface area (TPSA) is 243 Å². The average molecular weight is 1170 g/mol. The van der Waals surface area contributed by atoms with Crippen LogP contribution in [-0.2, 0) is 0 Å². The van der Waals surface area contributed by atoms with Crippen molar-refractivity contribution in [2.45, 2.75) is 23.7 Å². The van der Waals surface area contributed by atoms with Gasteiger partial charge in [-0.05, 0) is 95.1 Å². The van der Waals surface area contributed by atoms with E-state index in [1.807, 2.05) is 0 Å². The van der Waals surface area contributed by atoms with E-state index in [4.69, 9.17) is 0 Å². The molecule has 0 saturated heterocycles. The second kappa shape index (κ2) is 17.7. The average Bonchev–Trinajstić information content (AvgIpc) is 3.32. The monoisotopic (exact) mass is 1170 g/mol. The van der Waals surface area contributed by atoms with Crippen molar-refractivity contribution in [2.75, 3.05) is 0 Å². The number of benzene rings is 8. The highest BCUT2D eigenvalue weighted by molar-refractivity contribution is 9.11. The number of rotatable bonds is 4. The first-order chi connectivity index (χ1) is 32.4. The highest BCUT2D eigenvalue weighted by atomic mass is 79.9. The van der Waals surface area contributed by atoms with E-state index in [9.17, 15) is 61.3 Å². The van der Waals surface area contributed by atoms with Crippen molar-refractivity contribution in [1.82, 2.24) is 0 Å². The summed E-state index contributed by atoms with van der Waals surface area (Å²) < 4.78 is 2.54. The van der Waals surface area contributed by atoms with E-state index in [0.717, 1.165) is 0 Å². The molecule has 0 saturated carbocycles. The summed E-state index contributed by atoms with van der Waals surface area (Å²) in [5.74, 6) is -16.4. The van der Waals surface area contributed by atoms with Crippen molar-refractivity contribution in [1.29, 1.82) is 0 Å². The van der Waals surface area contributed by atoms with Crippen LogP contribution >= 0.6 is 63.7 Å². The molecular weight excluding hydrogens is 1140 g/mol. The second-order valence-electron chi connectivity index (χ2n) is 16.3. The van der Waals surface area contributed by atoms with Gasteiger partial charge in [-0.1, -0.05) is 112 Å². The molecule has 0 spiro atoms. The fourth-order valence-electron chi connectivity index (χ4n) is 9.25. The van der Waals surface area contributed by atoms with Crippen LogP contribution < -0.4 is 0 Å². The van der Waals surface area contributed by atoms with Gasteiger partial charge in [0.15, 0.2) is 46.0 Å². The summed E-state index contributed by atoms with van der Waals surface area (Å²) in [5, 5.41) is 143. The summed E-state index contributed by atoms with van der Waals surface area (Å²) in [4.78, 5) is 0. The Morgan fingerprint density at radius 1 is 0.206 bits per heavy atom. The van der Waals surface area contributed by atoms with Crippen LogP contribution in [0.4, 0.5) is 0 Å². The van der Waals surface area contributed by atoms with Gasteiger partial charge in [-0.2, -0.15) is 0 Å². The number of phenolic OH excluding ortho intramolecular Hbond substituents is 12. The molecule has 0 aliphatic heterocycles. The minimum absolute atomic E-state index is 0.166. The Kier molecular flexibility index (Phi) is 12.1. The lowest BCUT2D eigenvalue weighted by molar-refractivity contribution is 0.353. The van der Waals surface area contributed by atoms with E-state index in [1.165, 1.54) is 24.3 Å². The van der Waals surface area contributed by atoms with Crippen molar-refractivity contribution in [2.24, 2.45) is 0 Å². The van der Waals surface area contributed by atoms with Gasteiger partial charge in [0.25, 0.3) is 0 Å². The molecule has 0 amide bonds. The summed E-state index contributed by atoms with van der Waals surface area (Å²) in [6, 6.07) is 31.7. The maximum absolute atomic E-state index is 12.0. The Bertz CT molecular complexity index is 2750. The van der Waals surface area contributed by atoms with Crippen LogP contribution in [0.5, 0.6) is 69.0 Å².